The van der Waals surface area contributed by atoms with Crippen molar-refractivity contribution in [1.29, 1.82) is 0 Å². The van der Waals surface area contributed by atoms with Crippen molar-refractivity contribution < 1.29 is 4.74 Å². The molecule has 92 valence electrons. The van der Waals surface area contributed by atoms with Crippen LogP contribution in [0.25, 0.3) is 0 Å². The first-order chi connectivity index (χ1) is 7.24. The van der Waals surface area contributed by atoms with E-state index in [1.54, 1.807) is 0 Å². The van der Waals surface area contributed by atoms with Gasteiger partial charge < -0.3 is 10.1 Å². The predicted octanol–water partition coefficient (Wildman–Crippen LogP) is 2.92. The molecule has 0 atom stereocenters. The number of hydrogen-bond acceptors (Lipinski definition) is 3. The van der Waals surface area contributed by atoms with Crippen LogP contribution in [0.15, 0.2) is 0 Å². The van der Waals surface area contributed by atoms with Gasteiger partial charge in [0, 0.05) is 24.5 Å². The van der Waals surface area contributed by atoms with Gasteiger partial charge in [-0.15, -0.1) is 0 Å². The van der Waals surface area contributed by atoms with Crippen molar-refractivity contribution in [2.75, 3.05) is 32.6 Å². The van der Waals surface area contributed by atoms with E-state index in [0.717, 1.165) is 32.7 Å². The van der Waals surface area contributed by atoms with Crippen LogP contribution in [-0.2, 0) is 4.74 Å². The molecule has 0 saturated carbocycles. The van der Waals surface area contributed by atoms with E-state index in [1.165, 1.54) is 12.8 Å². The quantitative estimate of drug-likeness (QED) is 0.586. The highest BCUT2D eigenvalue weighted by Crippen LogP contribution is 2.29. The van der Waals surface area contributed by atoms with Crippen LogP contribution < -0.4 is 5.32 Å². The van der Waals surface area contributed by atoms with Crippen LogP contribution in [-0.4, -0.2) is 37.3 Å². The van der Waals surface area contributed by atoms with E-state index < -0.39 is 0 Å². The normalized spacial score (nSPS) is 12.0. The van der Waals surface area contributed by atoms with Gasteiger partial charge >= 0.3 is 0 Å². The van der Waals surface area contributed by atoms with Gasteiger partial charge in [-0.1, -0.05) is 13.8 Å². The van der Waals surface area contributed by atoms with Gasteiger partial charge in [0.2, 0.25) is 0 Å². The molecule has 0 aliphatic carbocycles. The van der Waals surface area contributed by atoms with E-state index in [-0.39, 0.29) is 0 Å². The summed E-state index contributed by atoms with van der Waals surface area (Å²) in [5.74, 6) is 0. The molecular weight excluding hydrogens is 206 g/mol. The lowest BCUT2D eigenvalue weighted by Crippen LogP contribution is -2.37. The van der Waals surface area contributed by atoms with Crippen LogP contribution in [0.4, 0.5) is 0 Å². The molecule has 0 aromatic carbocycles. The molecule has 1 N–H and O–H groups in total. The smallest absolute Gasteiger partial charge is 0.0477 e. The van der Waals surface area contributed by atoms with Crippen LogP contribution in [0.3, 0.4) is 0 Å². The van der Waals surface area contributed by atoms with E-state index in [9.17, 15) is 0 Å². The molecule has 15 heavy (non-hydrogen) atoms. The van der Waals surface area contributed by atoms with Crippen molar-refractivity contribution in [2.45, 2.75) is 44.8 Å². The number of ether oxygens (including phenoxy) is 1. The standard InChI is InChI=1S/C12H27NOS/c1-5-12(6-2,15-4)11-13-9-8-10-14-7-3/h13H,5-11H2,1-4H3. The molecule has 0 fully saturated rings. The Balaban J connectivity index is 3.54. The molecule has 0 radical (unpaired) electrons. The highest BCUT2D eigenvalue weighted by atomic mass is 32.2. The molecule has 0 heterocycles. The molecule has 0 aromatic heterocycles. The maximum absolute atomic E-state index is 5.30. The highest BCUT2D eigenvalue weighted by Gasteiger charge is 2.23. The van der Waals surface area contributed by atoms with Gasteiger partial charge in [0.05, 0.1) is 0 Å². The Kier molecular flexibility index (Phi) is 9.66. The van der Waals surface area contributed by atoms with Crippen LogP contribution in [0.2, 0.25) is 0 Å². The Hall–Kier alpha value is 0.270. The molecule has 2 nitrogen and oxygen atoms in total. The summed E-state index contributed by atoms with van der Waals surface area (Å²) in [6, 6.07) is 0. The Morgan fingerprint density at radius 3 is 2.33 bits per heavy atom. The molecule has 0 amide bonds. The Morgan fingerprint density at radius 2 is 1.87 bits per heavy atom. The third kappa shape index (κ3) is 6.44. The summed E-state index contributed by atoms with van der Waals surface area (Å²) in [4.78, 5) is 0. The van der Waals surface area contributed by atoms with Crippen LogP contribution in [0.1, 0.15) is 40.0 Å². The maximum Gasteiger partial charge on any atom is 0.0477 e. The van der Waals surface area contributed by atoms with Gasteiger partial charge in [-0.3, -0.25) is 0 Å². The fourth-order valence-corrected chi connectivity index (χ4v) is 2.44. The average molecular weight is 233 g/mol. The summed E-state index contributed by atoms with van der Waals surface area (Å²) in [5, 5.41) is 3.54. The minimum absolute atomic E-state index is 0.436. The molecule has 0 aliphatic rings. The van der Waals surface area contributed by atoms with E-state index >= 15 is 0 Å². The van der Waals surface area contributed by atoms with E-state index in [1.807, 2.05) is 18.7 Å². The van der Waals surface area contributed by atoms with Gasteiger partial charge in [0.15, 0.2) is 0 Å². The second kappa shape index (κ2) is 9.49. The zero-order valence-electron chi connectivity index (χ0n) is 10.8. The molecule has 0 rings (SSSR count). The van der Waals surface area contributed by atoms with Gasteiger partial charge in [0.1, 0.15) is 0 Å². The van der Waals surface area contributed by atoms with Crippen molar-refractivity contribution in [3.8, 4) is 0 Å². The molecule has 0 unspecified atom stereocenters. The zero-order valence-corrected chi connectivity index (χ0v) is 11.6. The zero-order chi connectivity index (χ0) is 11.6. The van der Waals surface area contributed by atoms with Crippen LogP contribution in [0, 0.1) is 0 Å². The number of hydrogen-bond donors (Lipinski definition) is 1. The van der Waals surface area contributed by atoms with Crippen molar-refractivity contribution in [1.82, 2.24) is 5.32 Å². The Morgan fingerprint density at radius 1 is 1.20 bits per heavy atom. The third-order valence-electron chi connectivity index (χ3n) is 3.02. The van der Waals surface area contributed by atoms with Crippen molar-refractivity contribution in [3.63, 3.8) is 0 Å². The fraction of sp³-hybridized carbons (Fsp3) is 1.00. The largest absolute Gasteiger partial charge is 0.382 e. The lowest BCUT2D eigenvalue weighted by molar-refractivity contribution is 0.144. The summed E-state index contributed by atoms with van der Waals surface area (Å²) in [5.41, 5.74) is 0. The topological polar surface area (TPSA) is 21.3 Å². The SMILES string of the molecule is CCOCCCNCC(CC)(CC)SC. The summed E-state index contributed by atoms with van der Waals surface area (Å²) in [6.45, 7) is 10.5. The minimum Gasteiger partial charge on any atom is -0.382 e. The van der Waals surface area contributed by atoms with Gasteiger partial charge in [0.25, 0.3) is 0 Å². The summed E-state index contributed by atoms with van der Waals surface area (Å²) in [7, 11) is 0. The summed E-state index contributed by atoms with van der Waals surface area (Å²) < 4.78 is 5.74. The molecule has 0 aliphatic heterocycles. The number of nitrogens with one attached hydrogen (secondary N) is 1. The fourth-order valence-electron chi connectivity index (χ4n) is 1.62. The van der Waals surface area contributed by atoms with Crippen LogP contribution >= 0.6 is 11.8 Å². The average Bonchev–Trinajstić information content (AvgIpc) is 2.29. The Labute approximate surface area is 99.5 Å². The number of rotatable bonds is 10. The lowest BCUT2D eigenvalue weighted by Gasteiger charge is -2.30. The lowest BCUT2D eigenvalue weighted by atomic mass is 10.0. The van der Waals surface area contributed by atoms with E-state index in [0.29, 0.717) is 4.75 Å². The molecule has 3 heteroatoms. The molecule has 0 bridgehead atoms. The second-order valence-electron chi connectivity index (χ2n) is 3.82. The van der Waals surface area contributed by atoms with E-state index in [2.05, 4.69) is 25.4 Å². The van der Waals surface area contributed by atoms with Crippen molar-refractivity contribution in [3.05, 3.63) is 0 Å². The van der Waals surface area contributed by atoms with Gasteiger partial charge in [-0.2, -0.15) is 11.8 Å². The monoisotopic (exact) mass is 233 g/mol. The van der Waals surface area contributed by atoms with E-state index in [4.69, 9.17) is 4.74 Å². The van der Waals surface area contributed by atoms with Crippen molar-refractivity contribution >= 4 is 11.8 Å². The van der Waals surface area contributed by atoms with Crippen molar-refractivity contribution in [2.24, 2.45) is 0 Å². The molecular formula is C12H27NOS. The first-order valence-corrected chi connectivity index (χ1v) is 7.30. The van der Waals surface area contributed by atoms with Gasteiger partial charge in [-0.25, -0.2) is 0 Å². The first-order valence-electron chi connectivity index (χ1n) is 6.08. The predicted molar refractivity (Wildman–Crippen MR) is 70.8 cm³/mol. The molecule has 0 aromatic rings. The minimum atomic E-state index is 0.436. The summed E-state index contributed by atoms with van der Waals surface area (Å²) in [6.07, 6.45) is 5.81. The highest BCUT2D eigenvalue weighted by molar-refractivity contribution is 8.00. The Bertz CT molecular complexity index is 129. The third-order valence-corrected chi connectivity index (χ3v) is 4.60. The molecule has 0 spiro atoms. The first kappa shape index (κ1) is 15.3. The van der Waals surface area contributed by atoms with Crippen LogP contribution in [0.5, 0.6) is 0 Å². The second-order valence-corrected chi connectivity index (χ2v) is 5.10. The number of thioether (sulfide) groups is 1. The maximum atomic E-state index is 5.30. The summed E-state index contributed by atoms with van der Waals surface area (Å²) >= 11 is 1.99. The molecule has 0 saturated heterocycles. The van der Waals surface area contributed by atoms with Gasteiger partial charge in [-0.05, 0) is 39.0 Å².